The monoisotopic (exact) mass is 218 g/mol. The Morgan fingerprint density at radius 3 is 2.81 bits per heavy atom. The summed E-state index contributed by atoms with van der Waals surface area (Å²) in [5.74, 6) is 0. The van der Waals surface area contributed by atoms with Crippen molar-refractivity contribution in [2.24, 2.45) is 0 Å². The standard InChI is InChI=1S/C14H22N2/c1-4-13-7-8-14(16-11-13)10-12(2)6-5-9-15-3/h6-8,11,15H,4-5,9-10H2,1-3H3. The molecule has 1 aromatic rings. The maximum absolute atomic E-state index is 4.46. The number of allylic oxidation sites excluding steroid dienone is 1. The first-order valence-electron chi connectivity index (χ1n) is 6.00. The van der Waals surface area contributed by atoms with Gasteiger partial charge in [0.1, 0.15) is 0 Å². The van der Waals surface area contributed by atoms with Gasteiger partial charge in [-0.2, -0.15) is 0 Å². The van der Waals surface area contributed by atoms with Crippen LogP contribution in [0.25, 0.3) is 0 Å². The second kappa shape index (κ2) is 7.18. The number of rotatable bonds is 6. The molecule has 0 amide bonds. The minimum Gasteiger partial charge on any atom is -0.319 e. The first-order chi connectivity index (χ1) is 7.76. The van der Waals surface area contributed by atoms with E-state index in [1.54, 1.807) is 0 Å². The summed E-state index contributed by atoms with van der Waals surface area (Å²) >= 11 is 0. The Bertz CT molecular complexity index is 325. The van der Waals surface area contributed by atoms with E-state index in [1.165, 1.54) is 11.1 Å². The molecule has 0 atom stereocenters. The lowest BCUT2D eigenvalue weighted by molar-refractivity contribution is 0.802. The number of aryl methyl sites for hydroxylation is 1. The average Bonchev–Trinajstić information content (AvgIpc) is 2.30. The van der Waals surface area contributed by atoms with Gasteiger partial charge in [0.25, 0.3) is 0 Å². The van der Waals surface area contributed by atoms with Crippen LogP contribution in [0.1, 0.15) is 31.5 Å². The highest BCUT2D eigenvalue weighted by Crippen LogP contribution is 2.07. The van der Waals surface area contributed by atoms with Gasteiger partial charge in [-0.25, -0.2) is 0 Å². The first-order valence-corrected chi connectivity index (χ1v) is 6.00. The fraction of sp³-hybridized carbons (Fsp3) is 0.500. The van der Waals surface area contributed by atoms with Gasteiger partial charge in [0, 0.05) is 18.3 Å². The van der Waals surface area contributed by atoms with Crippen molar-refractivity contribution in [1.29, 1.82) is 0 Å². The predicted octanol–water partition coefficient (Wildman–Crippen LogP) is 2.74. The van der Waals surface area contributed by atoms with Crippen molar-refractivity contribution < 1.29 is 0 Å². The van der Waals surface area contributed by atoms with Crippen LogP contribution in [0.3, 0.4) is 0 Å². The van der Waals surface area contributed by atoms with E-state index in [4.69, 9.17) is 0 Å². The zero-order valence-corrected chi connectivity index (χ0v) is 10.6. The molecule has 16 heavy (non-hydrogen) atoms. The van der Waals surface area contributed by atoms with Gasteiger partial charge in [-0.15, -0.1) is 0 Å². The zero-order valence-electron chi connectivity index (χ0n) is 10.6. The lowest BCUT2D eigenvalue weighted by atomic mass is 10.1. The molecule has 0 bridgehead atoms. The molecule has 0 saturated carbocycles. The van der Waals surface area contributed by atoms with Gasteiger partial charge in [-0.05, 0) is 45.0 Å². The van der Waals surface area contributed by atoms with Gasteiger partial charge < -0.3 is 5.32 Å². The predicted molar refractivity (Wildman–Crippen MR) is 69.6 cm³/mol. The Hall–Kier alpha value is -1.15. The molecule has 1 N–H and O–H groups in total. The highest BCUT2D eigenvalue weighted by molar-refractivity contribution is 5.18. The molecule has 0 saturated heterocycles. The molecule has 88 valence electrons. The summed E-state index contributed by atoms with van der Waals surface area (Å²) in [7, 11) is 1.98. The number of nitrogens with zero attached hydrogens (tertiary/aromatic N) is 1. The van der Waals surface area contributed by atoms with Crippen molar-refractivity contribution in [3.63, 3.8) is 0 Å². The number of hydrogen-bond acceptors (Lipinski definition) is 2. The highest BCUT2D eigenvalue weighted by Gasteiger charge is 1.96. The van der Waals surface area contributed by atoms with Crippen LogP contribution in [0.5, 0.6) is 0 Å². The number of aromatic nitrogens is 1. The van der Waals surface area contributed by atoms with Crippen molar-refractivity contribution in [3.05, 3.63) is 41.2 Å². The Labute approximate surface area is 98.8 Å². The summed E-state index contributed by atoms with van der Waals surface area (Å²) in [6, 6.07) is 4.30. The van der Waals surface area contributed by atoms with E-state index in [1.807, 2.05) is 13.2 Å². The molecule has 0 aliphatic heterocycles. The first kappa shape index (κ1) is 12.9. The molecule has 1 rings (SSSR count). The van der Waals surface area contributed by atoms with Gasteiger partial charge in [-0.3, -0.25) is 4.98 Å². The molecular formula is C14H22N2. The molecule has 0 unspecified atom stereocenters. The van der Waals surface area contributed by atoms with Crippen LogP contribution < -0.4 is 5.32 Å². The molecule has 0 aliphatic rings. The molecule has 0 aromatic carbocycles. The van der Waals surface area contributed by atoms with E-state index in [0.717, 1.165) is 31.5 Å². The van der Waals surface area contributed by atoms with Crippen LogP contribution >= 0.6 is 0 Å². The van der Waals surface area contributed by atoms with Crippen LogP contribution in [0, 0.1) is 0 Å². The van der Waals surface area contributed by atoms with E-state index in [-0.39, 0.29) is 0 Å². The zero-order chi connectivity index (χ0) is 11.8. The summed E-state index contributed by atoms with van der Waals surface area (Å²) in [6.07, 6.45) is 7.38. The topological polar surface area (TPSA) is 24.9 Å². The second-order valence-electron chi connectivity index (χ2n) is 4.13. The Balaban J connectivity index is 2.49. The summed E-state index contributed by atoms with van der Waals surface area (Å²) < 4.78 is 0. The van der Waals surface area contributed by atoms with Gasteiger partial charge >= 0.3 is 0 Å². The van der Waals surface area contributed by atoms with Crippen LogP contribution in [-0.2, 0) is 12.8 Å². The number of nitrogens with one attached hydrogen (secondary N) is 1. The van der Waals surface area contributed by atoms with Crippen molar-refractivity contribution in [2.45, 2.75) is 33.1 Å². The summed E-state index contributed by atoms with van der Waals surface area (Å²) in [5, 5.41) is 3.14. The maximum Gasteiger partial charge on any atom is 0.0444 e. The molecule has 1 aromatic heterocycles. The van der Waals surface area contributed by atoms with Crippen molar-refractivity contribution in [1.82, 2.24) is 10.3 Å². The fourth-order valence-corrected chi connectivity index (χ4v) is 1.59. The summed E-state index contributed by atoms with van der Waals surface area (Å²) in [4.78, 5) is 4.46. The number of pyridine rings is 1. The van der Waals surface area contributed by atoms with E-state index in [0.29, 0.717) is 0 Å². The van der Waals surface area contributed by atoms with Crippen LogP contribution in [0.4, 0.5) is 0 Å². The van der Waals surface area contributed by atoms with Crippen LogP contribution in [0.15, 0.2) is 30.0 Å². The Kier molecular flexibility index (Phi) is 5.79. The Morgan fingerprint density at radius 1 is 1.44 bits per heavy atom. The minimum absolute atomic E-state index is 0.966. The van der Waals surface area contributed by atoms with Crippen LogP contribution in [0.2, 0.25) is 0 Å². The molecule has 0 spiro atoms. The van der Waals surface area contributed by atoms with E-state index in [2.05, 4.69) is 42.4 Å². The van der Waals surface area contributed by atoms with E-state index < -0.39 is 0 Å². The maximum atomic E-state index is 4.46. The van der Waals surface area contributed by atoms with Crippen molar-refractivity contribution in [2.75, 3.05) is 13.6 Å². The van der Waals surface area contributed by atoms with Crippen molar-refractivity contribution in [3.8, 4) is 0 Å². The molecule has 0 aliphatic carbocycles. The van der Waals surface area contributed by atoms with Crippen LogP contribution in [-0.4, -0.2) is 18.6 Å². The summed E-state index contributed by atoms with van der Waals surface area (Å²) in [5.41, 5.74) is 3.86. The van der Waals surface area contributed by atoms with Crippen molar-refractivity contribution >= 4 is 0 Å². The Morgan fingerprint density at radius 2 is 2.25 bits per heavy atom. The molecule has 1 heterocycles. The third-order valence-corrected chi connectivity index (χ3v) is 2.64. The smallest absolute Gasteiger partial charge is 0.0444 e. The quantitative estimate of drug-likeness (QED) is 0.586. The second-order valence-corrected chi connectivity index (χ2v) is 4.13. The average molecular weight is 218 g/mol. The van der Waals surface area contributed by atoms with E-state index in [9.17, 15) is 0 Å². The fourth-order valence-electron chi connectivity index (χ4n) is 1.59. The summed E-state index contributed by atoms with van der Waals surface area (Å²) in [6.45, 7) is 5.37. The largest absolute Gasteiger partial charge is 0.319 e. The molecule has 0 fully saturated rings. The third kappa shape index (κ3) is 4.58. The lowest BCUT2D eigenvalue weighted by Crippen LogP contribution is -2.06. The highest BCUT2D eigenvalue weighted by atomic mass is 14.8. The van der Waals surface area contributed by atoms with E-state index >= 15 is 0 Å². The molecule has 2 heteroatoms. The lowest BCUT2D eigenvalue weighted by Gasteiger charge is -2.03. The molecule has 2 nitrogen and oxygen atoms in total. The normalized spacial score (nSPS) is 11.8. The van der Waals surface area contributed by atoms with Gasteiger partial charge in [0.2, 0.25) is 0 Å². The molecular weight excluding hydrogens is 196 g/mol. The SMILES string of the molecule is CCc1ccc(CC(C)=CCCNC)nc1. The van der Waals surface area contributed by atoms with Gasteiger partial charge in [0.05, 0.1) is 0 Å². The molecule has 0 radical (unpaired) electrons. The number of hydrogen-bond donors (Lipinski definition) is 1. The minimum atomic E-state index is 0.966. The van der Waals surface area contributed by atoms with Gasteiger partial charge in [-0.1, -0.05) is 24.6 Å². The van der Waals surface area contributed by atoms with Gasteiger partial charge in [0.15, 0.2) is 0 Å². The third-order valence-electron chi connectivity index (χ3n) is 2.64.